The van der Waals surface area contributed by atoms with Gasteiger partial charge >= 0.3 is 5.97 Å². The summed E-state index contributed by atoms with van der Waals surface area (Å²) >= 11 is 6.45. The van der Waals surface area contributed by atoms with E-state index in [2.05, 4.69) is 0 Å². The second-order valence-electron chi connectivity index (χ2n) is 14.1. The van der Waals surface area contributed by atoms with Crippen LogP contribution in [0.25, 0.3) is 0 Å². The number of fused-ring (bicyclic) bond motifs is 1. The maximum Gasteiger partial charge on any atom is 0.303 e. The Kier molecular flexibility index (Phi) is 10.8. The largest absolute Gasteiger partial charge is 0.481 e. The Morgan fingerprint density at radius 3 is 2.34 bits per heavy atom. The number of aliphatic carboxylic acids is 1. The number of amides is 1. The van der Waals surface area contributed by atoms with E-state index in [0.717, 1.165) is 102 Å². The van der Waals surface area contributed by atoms with Crippen LogP contribution in [0.3, 0.4) is 0 Å². The highest BCUT2D eigenvalue weighted by molar-refractivity contribution is 6.43. The van der Waals surface area contributed by atoms with Gasteiger partial charge in [0.25, 0.3) is 0 Å². The van der Waals surface area contributed by atoms with Crippen LogP contribution in [-0.2, 0) is 9.59 Å². The SMILES string of the molecule is CN(CC1CCC(F)CC1)C(=O)C1CCC2N=C(C3CCC(Cl)CC3)C(CCC3CCCC(CC(=O)O)C3)=NC2C1. The van der Waals surface area contributed by atoms with E-state index < -0.39 is 12.1 Å². The fourth-order valence-electron chi connectivity index (χ4n) is 8.55. The average molecular weight is 592 g/mol. The summed E-state index contributed by atoms with van der Waals surface area (Å²) in [4.78, 5) is 37.5. The Hall–Kier alpha value is -1.50. The molecule has 4 fully saturated rings. The first kappa shape index (κ1) is 30.9. The first-order chi connectivity index (χ1) is 19.7. The molecule has 230 valence electrons. The Bertz CT molecular complexity index is 973. The molecular weight excluding hydrogens is 541 g/mol. The van der Waals surface area contributed by atoms with Crippen LogP contribution in [0.2, 0.25) is 0 Å². The van der Waals surface area contributed by atoms with Crippen LogP contribution in [0.15, 0.2) is 9.98 Å². The monoisotopic (exact) mass is 591 g/mol. The van der Waals surface area contributed by atoms with Gasteiger partial charge in [0, 0.05) is 37.2 Å². The molecule has 5 unspecified atom stereocenters. The molecule has 0 aromatic rings. The lowest BCUT2D eigenvalue weighted by atomic mass is 9.76. The van der Waals surface area contributed by atoms with Crippen molar-refractivity contribution in [1.29, 1.82) is 0 Å². The molecule has 0 aromatic carbocycles. The molecule has 0 aromatic heterocycles. The quantitative estimate of drug-likeness (QED) is 0.286. The van der Waals surface area contributed by atoms with E-state index in [-0.39, 0.29) is 35.7 Å². The highest BCUT2D eigenvalue weighted by atomic mass is 35.5. The molecule has 41 heavy (non-hydrogen) atoms. The van der Waals surface area contributed by atoms with Gasteiger partial charge in [-0.05, 0) is 114 Å². The number of carbonyl (C=O) groups is 2. The number of aliphatic imine (C=N–C) groups is 2. The molecule has 1 aliphatic heterocycles. The van der Waals surface area contributed by atoms with Crippen molar-refractivity contribution in [3.05, 3.63) is 0 Å². The minimum atomic E-state index is -0.679. The number of rotatable bonds is 9. The van der Waals surface area contributed by atoms with Gasteiger partial charge in [0.2, 0.25) is 5.91 Å². The molecule has 0 bridgehead atoms. The molecule has 1 amide bonds. The van der Waals surface area contributed by atoms with Crippen molar-refractivity contribution in [2.24, 2.45) is 39.6 Å². The normalized spacial score (nSPS) is 37.9. The van der Waals surface area contributed by atoms with Crippen molar-refractivity contribution in [3.8, 4) is 0 Å². The molecule has 5 rings (SSSR count). The van der Waals surface area contributed by atoms with Crippen LogP contribution in [-0.4, -0.2) is 70.5 Å². The lowest BCUT2D eigenvalue weighted by Crippen LogP contribution is -2.45. The topological polar surface area (TPSA) is 82.3 Å². The Morgan fingerprint density at radius 1 is 0.878 bits per heavy atom. The second kappa shape index (κ2) is 14.3. The summed E-state index contributed by atoms with van der Waals surface area (Å²) in [5, 5.41) is 9.56. The fourth-order valence-corrected chi connectivity index (χ4v) is 8.81. The first-order valence-corrected chi connectivity index (χ1v) is 17.1. The molecule has 5 aliphatic rings. The number of halogens is 2. The van der Waals surface area contributed by atoms with Gasteiger partial charge in [0.1, 0.15) is 6.17 Å². The highest BCUT2D eigenvalue weighted by Crippen LogP contribution is 2.38. The Morgan fingerprint density at radius 2 is 1.61 bits per heavy atom. The summed E-state index contributed by atoms with van der Waals surface area (Å²) in [5.41, 5.74) is 2.38. The molecule has 6 nitrogen and oxygen atoms in total. The van der Waals surface area contributed by atoms with Crippen molar-refractivity contribution >= 4 is 34.9 Å². The smallest absolute Gasteiger partial charge is 0.303 e. The van der Waals surface area contributed by atoms with E-state index >= 15 is 0 Å². The van der Waals surface area contributed by atoms with Gasteiger partial charge in [-0.25, -0.2) is 4.39 Å². The number of carboxylic acids is 1. The second-order valence-corrected chi connectivity index (χ2v) is 14.7. The molecule has 0 saturated heterocycles. The van der Waals surface area contributed by atoms with E-state index in [9.17, 15) is 19.1 Å². The maximum atomic E-state index is 13.6. The molecule has 8 heteroatoms. The first-order valence-electron chi connectivity index (χ1n) is 16.6. The number of hydrogen-bond acceptors (Lipinski definition) is 4. The summed E-state index contributed by atoms with van der Waals surface area (Å²) in [6.45, 7) is 0.737. The van der Waals surface area contributed by atoms with E-state index in [1.807, 2.05) is 11.9 Å². The molecule has 5 atom stereocenters. The van der Waals surface area contributed by atoms with Crippen molar-refractivity contribution < 1.29 is 19.1 Å². The molecule has 0 radical (unpaired) electrons. The van der Waals surface area contributed by atoms with Crippen LogP contribution >= 0.6 is 11.6 Å². The van der Waals surface area contributed by atoms with Crippen LogP contribution in [0.4, 0.5) is 4.39 Å². The van der Waals surface area contributed by atoms with Crippen molar-refractivity contribution in [2.75, 3.05) is 13.6 Å². The summed E-state index contributed by atoms with van der Waals surface area (Å²) in [5.74, 6) is 1.23. The van der Waals surface area contributed by atoms with Crippen molar-refractivity contribution in [3.63, 3.8) is 0 Å². The standard InChI is InChI=1S/C33H51ClFN3O3/c1-38(20-22-5-13-27(35)14-6-22)33(41)25-10-16-28-30(19-25)36-29(32(37-28)24-8-11-26(34)12-9-24)15-7-21-3-2-4-23(17-21)18-31(39)40/h21-28,30H,2-20H2,1H3,(H,39,40). The average Bonchev–Trinajstić information content (AvgIpc) is 2.96. The predicted molar refractivity (Wildman–Crippen MR) is 163 cm³/mol. The Labute approximate surface area is 251 Å². The molecule has 1 N–H and O–H groups in total. The lowest BCUT2D eigenvalue weighted by molar-refractivity contribution is -0.138. The summed E-state index contributed by atoms with van der Waals surface area (Å²) in [6, 6.07) is 0.244. The van der Waals surface area contributed by atoms with E-state index in [4.69, 9.17) is 21.6 Å². The molecular formula is C33H51ClFN3O3. The number of alkyl halides is 2. The molecule has 4 saturated carbocycles. The van der Waals surface area contributed by atoms with Gasteiger partial charge < -0.3 is 10.0 Å². The molecule has 4 aliphatic carbocycles. The van der Waals surface area contributed by atoms with E-state index in [1.165, 1.54) is 12.1 Å². The summed E-state index contributed by atoms with van der Waals surface area (Å²) in [6.07, 6.45) is 15.7. The van der Waals surface area contributed by atoms with Crippen LogP contribution in [0.5, 0.6) is 0 Å². The van der Waals surface area contributed by atoms with Gasteiger partial charge in [-0.2, -0.15) is 0 Å². The zero-order valence-corrected chi connectivity index (χ0v) is 25.7. The zero-order valence-electron chi connectivity index (χ0n) is 25.0. The Balaban J connectivity index is 1.23. The number of hydrogen-bond donors (Lipinski definition) is 1. The summed E-state index contributed by atoms with van der Waals surface area (Å²) in [7, 11) is 1.93. The van der Waals surface area contributed by atoms with Gasteiger partial charge in [0.15, 0.2) is 0 Å². The van der Waals surface area contributed by atoms with Gasteiger partial charge in [-0.15, -0.1) is 11.6 Å². The third-order valence-electron chi connectivity index (χ3n) is 10.9. The highest BCUT2D eigenvalue weighted by Gasteiger charge is 2.40. The fraction of sp³-hybridized carbons (Fsp3) is 0.879. The maximum absolute atomic E-state index is 13.6. The number of carbonyl (C=O) groups excluding carboxylic acids is 1. The lowest BCUT2D eigenvalue weighted by Gasteiger charge is -2.39. The third kappa shape index (κ3) is 8.32. The van der Waals surface area contributed by atoms with Gasteiger partial charge in [-0.1, -0.05) is 12.8 Å². The number of nitrogens with zero attached hydrogens (tertiary/aromatic N) is 3. The van der Waals surface area contributed by atoms with E-state index in [0.29, 0.717) is 36.5 Å². The van der Waals surface area contributed by atoms with Gasteiger partial charge in [0.05, 0.1) is 23.5 Å². The zero-order chi connectivity index (χ0) is 28.9. The van der Waals surface area contributed by atoms with Crippen molar-refractivity contribution in [1.82, 2.24) is 4.90 Å². The third-order valence-corrected chi connectivity index (χ3v) is 11.4. The minimum absolute atomic E-state index is 0.0117. The summed E-state index contributed by atoms with van der Waals surface area (Å²) < 4.78 is 13.6. The van der Waals surface area contributed by atoms with E-state index in [1.54, 1.807) is 0 Å². The van der Waals surface area contributed by atoms with Crippen LogP contribution in [0, 0.1) is 29.6 Å². The molecule has 1 heterocycles. The van der Waals surface area contributed by atoms with Crippen LogP contribution < -0.4 is 0 Å². The predicted octanol–water partition coefficient (Wildman–Crippen LogP) is 7.26. The van der Waals surface area contributed by atoms with Crippen molar-refractivity contribution in [2.45, 2.75) is 139 Å². The minimum Gasteiger partial charge on any atom is -0.481 e. The van der Waals surface area contributed by atoms with Crippen LogP contribution in [0.1, 0.15) is 116 Å². The molecule has 0 spiro atoms. The van der Waals surface area contributed by atoms with Gasteiger partial charge in [-0.3, -0.25) is 19.6 Å². The number of carboxylic acid groups (broad SMARTS) is 1.